The molecule has 0 saturated heterocycles. The van der Waals surface area contributed by atoms with Crippen LogP contribution >= 0.6 is 0 Å². The zero-order valence-electron chi connectivity index (χ0n) is 18.5. The fourth-order valence-electron chi connectivity index (χ4n) is 3.75. The van der Waals surface area contributed by atoms with Gasteiger partial charge in [-0.05, 0) is 54.4 Å². The van der Waals surface area contributed by atoms with Crippen LogP contribution in [0.2, 0.25) is 0 Å². The average Bonchev–Trinajstić information content (AvgIpc) is 2.87. The molecule has 3 N–H and O–H groups in total. The molecule has 5 aromatic rings. The number of phenols is 1. The van der Waals surface area contributed by atoms with Gasteiger partial charge in [0.15, 0.2) is 0 Å². The largest absolute Gasteiger partial charge is 0.507 e. The predicted octanol–water partition coefficient (Wildman–Crippen LogP) is 5.69. The summed E-state index contributed by atoms with van der Waals surface area (Å²) in [5.74, 6) is 0.171. The molecule has 0 bridgehead atoms. The van der Waals surface area contributed by atoms with Crippen molar-refractivity contribution in [2.45, 2.75) is 6.92 Å². The molecule has 3 aromatic carbocycles. The van der Waals surface area contributed by atoms with Crippen LogP contribution in [0.5, 0.6) is 5.75 Å². The summed E-state index contributed by atoms with van der Waals surface area (Å²) in [5.41, 5.74) is 11.5. The second-order valence-electron chi connectivity index (χ2n) is 7.78. The summed E-state index contributed by atoms with van der Waals surface area (Å²) >= 11 is 0. The normalized spacial score (nSPS) is 11.6. The standard InChI is InChI=1S/C27H22N6O/c1-18-14-19(16-30-32-23-10-2-6-20-8-4-12-28-25(20)23)15-22(27(18)34)17-31-33-24-11-3-7-21-9-5-13-29-26(21)24/h2-17,32-34H,1H3. The molecule has 0 saturated carbocycles. The number of aromatic nitrogens is 2. The molecule has 2 heterocycles. The summed E-state index contributed by atoms with van der Waals surface area (Å²) in [7, 11) is 0. The molecule has 0 radical (unpaired) electrons. The molecule has 5 rings (SSSR count). The first-order valence-corrected chi connectivity index (χ1v) is 10.8. The lowest BCUT2D eigenvalue weighted by Gasteiger charge is -2.07. The molecular formula is C27H22N6O. The Labute approximate surface area is 196 Å². The lowest BCUT2D eigenvalue weighted by Crippen LogP contribution is -1.97. The van der Waals surface area contributed by atoms with E-state index in [4.69, 9.17) is 0 Å². The van der Waals surface area contributed by atoms with Crippen molar-refractivity contribution in [2.24, 2.45) is 10.2 Å². The predicted molar refractivity (Wildman–Crippen MR) is 139 cm³/mol. The minimum absolute atomic E-state index is 0.171. The number of anilines is 2. The number of para-hydroxylation sites is 2. The Balaban J connectivity index is 1.35. The molecule has 0 aliphatic heterocycles. The highest BCUT2D eigenvalue weighted by Gasteiger charge is 2.06. The summed E-state index contributed by atoms with van der Waals surface area (Å²) in [6.45, 7) is 1.84. The van der Waals surface area contributed by atoms with Gasteiger partial charge >= 0.3 is 0 Å². The molecule has 0 aliphatic carbocycles. The Morgan fingerprint density at radius 2 is 1.29 bits per heavy atom. The van der Waals surface area contributed by atoms with Crippen LogP contribution in [0, 0.1) is 6.92 Å². The number of nitrogens with zero attached hydrogens (tertiary/aromatic N) is 4. The van der Waals surface area contributed by atoms with Gasteiger partial charge in [-0.1, -0.05) is 36.4 Å². The second kappa shape index (κ2) is 9.38. The maximum atomic E-state index is 10.5. The Bertz CT molecular complexity index is 1530. The highest BCUT2D eigenvalue weighted by Crippen LogP contribution is 2.24. The fraction of sp³-hybridized carbons (Fsp3) is 0.0370. The van der Waals surface area contributed by atoms with Crippen molar-refractivity contribution < 1.29 is 5.11 Å². The maximum Gasteiger partial charge on any atom is 0.127 e. The van der Waals surface area contributed by atoms with Gasteiger partial charge in [-0.2, -0.15) is 10.2 Å². The summed E-state index contributed by atoms with van der Waals surface area (Å²) < 4.78 is 0. The number of nitrogens with one attached hydrogen (secondary N) is 2. The van der Waals surface area contributed by atoms with Crippen LogP contribution in [0.4, 0.5) is 11.4 Å². The van der Waals surface area contributed by atoms with E-state index in [0.717, 1.165) is 44.3 Å². The molecule has 0 atom stereocenters. The molecule has 0 fully saturated rings. The number of phenolic OH excluding ortho intramolecular Hbond substituents is 1. The first-order valence-electron chi connectivity index (χ1n) is 10.8. The van der Waals surface area contributed by atoms with Crippen LogP contribution in [-0.2, 0) is 0 Å². The van der Waals surface area contributed by atoms with E-state index >= 15 is 0 Å². The number of aromatic hydroxyl groups is 1. The Hall–Kier alpha value is -4.78. The lowest BCUT2D eigenvalue weighted by molar-refractivity contribution is 0.470. The maximum absolute atomic E-state index is 10.5. The number of hydrazone groups is 2. The molecule has 0 amide bonds. The van der Waals surface area contributed by atoms with E-state index in [-0.39, 0.29) is 5.75 Å². The zero-order valence-corrected chi connectivity index (χ0v) is 18.5. The average molecular weight is 447 g/mol. The van der Waals surface area contributed by atoms with Gasteiger partial charge in [0.1, 0.15) is 5.75 Å². The van der Waals surface area contributed by atoms with Crippen LogP contribution < -0.4 is 10.9 Å². The van der Waals surface area contributed by atoms with E-state index in [1.807, 2.05) is 79.7 Å². The van der Waals surface area contributed by atoms with Crippen molar-refractivity contribution in [1.29, 1.82) is 0 Å². The van der Waals surface area contributed by atoms with Crippen molar-refractivity contribution >= 4 is 45.6 Å². The quantitative estimate of drug-likeness (QED) is 0.230. The Kier molecular flexibility index (Phi) is 5.82. The second-order valence-corrected chi connectivity index (χ2v) is 7.78. The first kappa shape index (κ1) is 21.1. The summed E-state index contributed by atoms with van der Waals surface area (Å²) in [6, 6.07) is 23.2. The van der Waals surface area contributed by atoms with E-state index in [1.165, 1.54) is 0 Å². The Morgan fingerprint density at radius 3 is 1.91 bits per heavy atom. The molecule has 0 aliphatic rings. The van der Waals surface area contributed by atoms with Gasteiger partial charge in [-0.15, -0.1) is 0 Å². The summed E-state index contributed by atoms with van der Waals surface area (Å²) in [6.07, 6.45) is 6.79. The summed E-state index contributed by atoms with van der Waals surface area (Å²) in [4.78, 5) is 8.84. The van der Waals surface area contributed by atoms with Crippen LogP contribution in [0.1, 0.15) is 16.7 Å². The smallest absolute Gasteiger partial charge is 0.127 e. The van der Waals surface area contributed by atoms with Gasteiger partial charge in [-0.25, -0.2) is 0 Å². The van der Waals surface area contributed by atoms with Crippen LogP contribution in [0.25, 0.3) is 21.8 Å². The highest BCUT2D eigenvalue weighted by atomic mass is 16.3. The lowest BCUT2D eigenvalue weighted by atomic mass is 10.1. The molecule has 0 unspecified atom stereocenters. The van der Waals surface area contributed by atoms with Crippen LogP contribution in [0.3, 0.4) is 0 Å². The van der Waals surface area contributed by atoms with Crippen molar-refractivity contribution in [2.75, 3.05) is 10.9 Å². The van der Waals surface area contributed by atoms with Crippen molar-refractivity contribution in [1.82, 2.24) is 9.97 Å². The van der Waals surface area contributed by atoms with E-state index < -0.39 is 0 Å². The third kappa shape index (κ3) is 4.40. The van der Waals surface area contributed by atoms with Crippen molar-refractivity contribution in [3.63, 3.8) is 0 Å². The Morgan fingerprint density at radius 1 is 0.735 bits per heavy atom. The molecule has 0 spiro atoms. The molecule has 166 valence electrons. The van der Waals surface area contributed by atoms with Gasteiger partial charge in [-0.3, -0.25) is 20.8 Å². The van der Waals surface area contributed by atoms with Crippen molar-refractivity contribution in [3.8, 4) is 5.75 Å². The third-order valence-corrected chi connectivity index (χ3v) is 5.40. The minimum Gasteiger partial charge on any atom is -0.507 e. The summed E-state index contributed by atoms with van der Waals surface area (Å²) in [5, 5.41) is 21.3. The zero-order chi connectivity index (χ0) is 23.3. The number of hydrogen-bond acceptors (Lipinski definition) is 7. The molecule has 7 nitrogen and oxygen atoms in total. The van der Waals surface area contributed by atoms with Gasteiger partial charge in [0.25, 0.3) is 0 Å². The number of fused-ring (bicyclic) bond motifs is 2. The van der Waals surface area contributed by atoms with Crippen molar-refractivity contribution in [3.05, 3.63) is 102 Å². The van der Waals surface area contributed by atoms with E-state index in [1.54, 1.807) is 24.8 Å². The number of hydrogen-bond donors (Lipinski definition) is 3. The number of rotatable bonds is 6. The van der Waals surface area contributed by atoms with Gasteiger partial charge in [0.05, 0.1) is 34.8 Å². The number of pyridine rings is 2. The SMILES string of the molecule is Cc1cc(C=NNc2cccc3cccnc23)cc(C=NNc2cccc3cccnc23)c1O. The monoisotopic (exact) mass is 446 g/mol. The molecular weight excluding hydrogens is 424 g/mol. The van der Waals surface area contributed by atoms with Gasteiger partial charge in [0, 0.05) is 28.7 Å². The molecule has 7 heteroatoms. The van der Waals surface area contributed by atoms with Crippen LogP contribution in [-0.4, -0.2) is 27.5 Å². The van der Waals surface area contributed by atoms with E-state index in [0.29, 0.717) is 5.56 Å². The third-order valence-electron chi connectivity index (χ3n) is 5.40. The first-order chi connectivity index (χ1) is 16.7. The fourth-order valence-corrected chi connectivity index (χ4v) is 3.75. The minimum atomic E-state index is 0.171. The topological polar surface area (TPSA) is 94.8 Å². The van der Waals surface area contributed by atoms with E-state index in [2.05, 4.69) is 31.0 Å². The number of benzene rings is 3. The van der Waals surface area contributed by atoms with Gasteiger partial charge in [0.2, 0.25) is 0 Å². The van der Waals surface area contributed by atoms with Crippen LogP contribution in [0.15, 0.2) is 95.4 Å². The highest BCUT2D eigenvalue weighted by molar-refractivity contribution is 5.93. The molecule has 2 aromatic heterocycles. The molecule has 34 heavy (non-hydrogen) atoms. The van der Waals surface area contributed by atoms with Gasteiger partial charge < -0.3 is 5.11 Å². The number of aryl methyl sites for hydroxylation is 1. The van der Waals surface area contributed by atoms with E-state index in [9.17, 15) is 5.11 Å².